The van der Waals surface area contributed by atoms with E-state index in [1.54, 1.807) is 13.8 Å². The van der Waals surface area contributed by atoms with Crippen LogP contribution in [-0.2, 0) is 17.8 Å². The topological polar surface area (TPSA) is 42.2 Å². The van der Waals surface area contributed by atoms with E-state index in [0.29, 0.717) is 6.42 Å². The van der Waals surface area contributed by atoms with Gasteiger partial charge in [0, 0.05) is 23.6 Å². The van der Waals surface area contributed by atoms with Crippen molar-refractivity contribution in [2.24, 2.45) is 5.41 Å². The Kier molecular flexibility index (Phi) is 3.40. The Morgan fingerprint density at radius 1 is 1.37 bits per heavy atom. The number of aryl methyl sites for hydroxylation is 2. The van der Waals surface area contributed by atoms with Gasteiger partial charge in [0.15, 0.2) is 0 Å². The van der Waals surface area contributed by atoms with Crippen molar-refractivity contribution in [2.75, 3.05) is 0 Å². The fourth-order valence-electron chi connectivity index (χ4n) is 2.58. The third-order valence-corrected chi connectivity index (χ3v) is 3.75. The van der Waals surface area contributed by atoms with Crippen LogP contribution in [0.25, 0.3) is 10.9 Å². The number of aromatic nitrogens is 1. The average molecular weight is 259 g/mol. The van der Waals surface area contributed by atoms with E-state index >= 15 is 0 Å². The lowest BCUT2D eigenvalue weighted by Gasteiger charge is -2.18. The van der Waals surface area contributed by atoms with Crippen LogP contribution in [0.5, 0.6) is 0 Å². The third kappa shape index (κ3) is 2.37. The zero-order chi connectivity index (χ0) is 14.2. The molecule has 1 aromatic heterocycles. The summed E-state index contributed by atoms with van der Waals surface area (Å²) in [6.07, 6.45) is 2.65. The second-order valence-electron chi connectivity index (χ2n) is 5.78. The summed E-state index contributed by atoms with van der Waals surface area (Å²) in [4.78, 5) is 11.3. The van der Waals surface area contributed by atoms with Gasteiger partial charge in [0.25, 0.3) is 0 Å². The van der Waals surface area contributed by atoms with Gasteiger partial charge in [-0.1, -0.05) is 12.1 Å². The van der Waals surface area contributed by atoms with E-state index in [9.17, 15) is 9.90 Å². The monoisotopic (exact) mass is 259 g/mol. The Hall–Kier alpha value is -1.77. The molecule has 0 spiro atoms. The first-order chi connectivity index (χ1) is 8.86. The van der Waals surface area contributed by atoms with Crippen molar-refractivity contribution in [3.63, 3.8) is 0 Å². The lowest BCUT2D eigenvalue weighted by atomic mass is 9.85. The molecule has 0 radical (unpaired) electrons. The van der Waals surface area contributed by atoms with Crippen LogP contribution in [0.1, 0.15) is 31.9 Å². The van der Waals surface area contributed by atoms with E-state index in [-0.39, 0.29) is 0 Å². The van der Waals surface area contributed by atoms with E-state index in [4.69, 9.17) is 0 Å². The number of benzene rings is 1. The molecule has 2 aromatic rings. The summed E-state index contributed by atoms with van der Waals surface area (Å²) in [7, 11) is 0. The number of hydrogen-bond acceptors (Lipinski definition) is 1. The number of aliphatic carboxylic acids is 1. The highest BCUT2D eigenvalue weighted by molar-refractivity contribution is 5.88. The van der Waals surface area contributed by atoms with E-state index in [0.717, 1.165) is 12.1 Å². The van der Waals surface area contributed by atoms with Gasteiger partial charge in [0.1, 0.15) is 0 Å². The average Bonchev–Trinajstić information content (AvgIpc) is 2.68. The molecule has 0 aliphatic heterocycles. The third-order valence-electron chi connectivity index (χ3n) is 3.75. The van der Waals surface area contributed by atoms with Crippen LogP contribution in [0.3, 0.4) is 0 Å². The lowest BCUT2D eigenvalue weighted by Crippen LogP contribution is -2.26. The van der Waals surface area contributed by atoms with Crippen LogP contribution in [0.2, 0.25) is 0 Å². The van der Waals surface area contributed by atoms with Gasteiger partial charge in [-0.3, -0.25) is 4.79 Å². The number of fused-ring (bicyclic) bond motifs is 1. The lowest BCUT2D eigenvalue weighted by molar-refractivity contribution is -0.146. The van der Waals surface area contributed by atoms with Crippen molar-refractivity contribution >= 4 is 16.9 Å². The Morgan fingerprint density at radius 2 is 2.05 bits per heavy atom. The summed E-state index contributed by atoms with van der Waals surface area (Å²) >= 11 is 0. The molecule has 3 heteroatoms. The molecule has 1 N–H and O–H groups in total. The van der Waals surface area contributed by atoms with E-state index in [1.807, 2.05) is 0 Å². The molecular weight excluding hydrogens is 238 g/mol. The first kappa shape index (κ1) is 13.7. The summed E-state index contributed by atoms with van der Waals surface area (Å²) in [5.41, 5.74) is 2.79. The van der Waals surface area contributed by atoms with Gasteiger partial charge in [-0.15, -0.1) is 0 Å². The van der Waals surface area contributed by atoms with Crippen molar-refractivity contribution in [2.45, 2.75) is 40.7 Å². The molecule has 1 heterocycles. The van der Waals surface area contributed by atoms with Crippen molar-refractivity contribution in [3.05, 3.63) is 35.5 Å². The van der Waals surface area contributed by atoms with Gasteiger partial charge in [-0.25, -0.2) is 0 Å². The van der Waals surface area contributed by atoms with Crippen molar-refractivity contribution in [1.29, 1.82) is 0 Å². The Bertz CT molecular complexity index is 623. The molecule has 0 aliphatic rings. The Balaban J connectivity index is 2.58. The Labute approximate surface area is 113 Å². The van der Waals surface area contributed by atoms with E-state index in [1.165, 1.54) is 16.5 Å². The molecule has 0 fully saturated rings. The summed E-state index contributed by atoms with van der Waals surface area (Å²) in [5.74, 6) is -0.751. The summed E-state index contributed by atoms with van der Waals surface area (Å²) < 4.78 is 2.19. The molecule has 0 bridgehead atoms. The second-order valence-corrected chi connectivity index (χ2v) is 5.78. The first-order valence-electron chi connectivity index (χ1n) is 6.67. The zero-order valence-corrected chi connectivity index (χ0v) is 12.0. The molecule has 0 amide bonds. The minimum absolute atomic E-state index is 0.552. The SMILES string of the molecule is CCn1cc(CC(C)(C)C(=O)O)c2c(C)cccc21. The molecule has 0 saturated carbocycles. The molecule has 0 aliphatic carbocycles. The summed E-state index contributed by atoms with van der Waals surface area (Å²) in [6.45, 7) is 8.65. The summed E-state index contributed by atoms with van der Waals surface area (Å²) in [6, 6.07) is 6.23. The van der Waals surface area contributed by atoms with E-state index in [2.05, 4.69) is 42.8 Å². The molecule has 19 heavy (non-hydrogen) atoms. The predicted molar refractivity (Wildman–Crippen MR) is 77.5 cm³/mol. The van der Waals surface area contributed by atoms with Gasteiger partial charge < -0.3 is 9.67 Å². The number of carboxylic acid groups (broad SMARTS) is 1. The summed E-state index contributed by atoms with van der Waals surface area (Å²) in [5, 5.41) is 10.5. The van der Waals surface area contributed by atoms with Gasteiger partial charge in [0.05, 0.1) is 5.41 Å². The minimum Gasteiger partial charge on any atom is -0.481 e. The van der Waals surface area contributed by atoms with Crippen LogP contribution >= 0.6 is 0 Å². The van der Waals surface area contributed by atoms with Gasteiger partial charge in [-0.2, -0.15) is 0 Å². The first-order valence-corrected chi connectivity index (χ1v) is 6.67. The maximum Gasteiger partial charge on any atom is 0.309 e. The largest absolute Gasteiger partial charge is 0.481 e. The number of nitrogens with zero attached hydrogens (tertiary/aromatic N) is 1. The fourth-order valence-corrected chi connectivity index (χ4v) is 2.58. The number of carbonyl (C=O) groups is 1. The van der Waals surface area contributed by atoms with Crippen molar-refractivity contribution in [1.82, 2.24) is 4.57 Å². The van der Waals surface area contributed by atoms with Gasteiger partial charge >= 0.3 is 5.97 Å². The van der Waals surface area contributed by atoms with Crippen LogP contribution in [0, 0.1) is 12.3 Å². The maximum atomic E-state index is 11.3. The van der Waals surface area contributed by atoms with Crippen molar-refractivity contribution < 1.29 is 9.90 Å². The molecule has 1 aromatic carbocycles. The standard InChI is InChI=1S/C16H21NO2/c1-5-17-10-12(9-16(3,4)15(18)19)14-11(2)7-6-8-13(14)17/h6-8,10H,5,9H2,1-4H3,(H,18,19). The second kappa shape index (κ2) is 4.72. The number of carboxylic acids is 1. The van der Waals surface area contributed by atoms with Crippen LogP contribution in [0.4, 0.5) is 0 Å². The van der Waals surface area contributed by atoms with Gasteiger partial charge in [-0.05, 0) is 51.3 Å². The van der Waals surface area contributed by atoms with Crippen molar-refractivity contribution in [3.8, 4) is 0 Å². The minimum atomic E-state index is -0.751. The highest BCUT2D eigenvalue weighted by atomic mass is 16.4. The molecule has 2 rings (SSSR count). The Morgan fingerprint density at radius 3 is 2.63 bits per heavy atom. The molecule has 3 nitrogen and oxygen atoms in total. The predicted octanol–water partition coefficient (Wildman–Crippen LogP) is 3.62. The smallest absolute Gasteiger partial charge is 0.309 e. The van der Waals surface area contributed by atoms with Crippen LogP contribution in [0.15, 0.2) is 24.4 Å². The molecular formula is C16H21NO2. The zero-order valence-electron chi connectivity index (χ0n) is 12.0. The normalized spacial score (nSPS) is 12.0. The molecule has 0 unspecified atom stereocenters. The number of rotatable bonds is 4. The van der Waals surface area contributed by atoms with E-state index < -0.39 is 11.4 Å². The van der Waals surface area contributed by atoms with Gasteiger partial charge in [0.2, 0.25) is 0 Å². The quantitative estimate of drug-likeness (QED) is 0.911. The molecule has 0 atom stereocenters. The molecule has 102 valence electrons. The fraction of sp³-hybridized carbons (Fsp3) is 0.438. The van der Waals surface area contributed by atoms with Crippen LogP contribution in [-0.4, -0.2) is 15.6 Å². The highest BCUT2D eigenvalue weighted by Crippen LogP contribution is 2.30. The maximum absolute atomic E-state index is 11.3. The highest BCUT2D eigenvalue weighted by Gasteiger charge is 2.29. The van der Waals surface area contributed by atoms with Crippen LogP contribution < -0.4 is 0 Å². The number of hydrogen-bond donors (Lipinski definition) is 1. The molecule has 0 saturated heterocycles.